The van der Waals surface area contributed by atoms with Crippen molar-refractivity contribution in [1.29, 1.82) is 0 Å². The molecule has 0 heterocycles. The molecule has 0 atom stereocenters. The molecule has 0 bridgehead atoms. The van der Waals surface area contributed by atoms with Crippen LogP contribution in [0.25, 0.3) is 0 Å². The fourth-order valence-electron chi connectivity index (χ4n) is 2.93. The second-order valence-corrected chi connectivity index (χ2v) is 8.66. The highest BCUT2D eigenvalue weighted by Gasteiger charge is 2.25. The molecule has 0 aliphatic heterocycles. The van der Waals surface area contributed by atoms with Crippen LogP contribution in [0.1, 0.15) is 26.3 Å². The van der Waals surface area contributed by atoms with E-state index in [1.807, 2.05) is 6.07 Å². The van der Waals surface area contributed by atoms with E-state index >= 15 is 0 Å². The predicted octanol–water partition coefficient (Wildman–Crippen LogP) is 3.35. The Kier molecular flexibility index (Phi) is 7.52. The van der Waals surface area contributed by atoms with Crippen LogP contribution in [0.5, 0.6) is 0 Å². The number of nitro groups is 1. The van der Waals surface area contributed by atoms with E-state index in [-0.39, 0.29) is 35.3 Å². The van der Waals surface area contributed by atoms with E-state index in [1.54, 1.807) is 44.0 Å². The summed E-state index contributed by atoms with van der Waals surface area (Å²) in [5.74, 6) is -0.0750. The number of nitrogens with zero attached hydrogens (tertiary/aromatic N) is 3. The summed E-state index contributed by atoms with van der Waals surface area (Å²) in [6.45, 7) is 5.83. The standard InChI is InChI=1S/C20H26N4O5S/c1-5-23(6-2)30(28,29)18-10-11-19(20(13-18)24(26)27)21-17-9-7-8-16(12-17)14-22(4)15(3)25/h7-13,21H,5-6,14H2,1-4H3. The predicted molar refractivity (Wildman–Crippen MR) is 115 cm³/mol. The van der Waals surface area contributed by atoms with Crippen LogP contribution in [0, 0.1) is 10.1 Å². The molecule has 0 fully saturated rings. The van der Waals surface area contributed by atoms with E-state index in [0.29, 0.717) is 12.2 Å². The van der Waals surface area contributed by atoms with Crippen molar-refractivity contribution in [1.82, 2.24) is 9.21 Å². The molecule has 1 amide bonds. The molecule has 0 radical (unpaired) electrons. The Bertz CT molecular complexity index is 1040. The molecule has 30 heavy (non-hydrogen) atoms. The highest BCUT2D eigenvalue weighted by molar-refractivity contribution is 7.89. The number of nitrogens with one attached hydrogen (secondary N) is 1. The van der Waals surface area contributed by atoms with Crippen molar-refractivity contribution < 1.29 is 18.1 Å². The van der Waals surface area contributed by atoms with Gasteiger partial charge in [0, 0.05) is 45.4 Å². The number of rotatable bonds is 9. The number of carbonyl (C=O) groups is 1. The molecule has 0 spiro atoms. The Morgan fingerprint density at radius 2 is 1.80 bits per heavy atom. The summed E-state index contributed by atoms with van der Waals surface area (Å²) in [7, 11) is -2.13. The number of nitro benzene ring substituents is 1. The van der Waals surface area contributed by atoms with Crippen LogP contribution in [0.4, 0.5) is 17.1 Å². The number of sulfonamides is 1. The van der Waals surface area contributed by atoms with Gasteiger partial charge in [-0.25, -0.2) is 8.42 Å². The molecular formula is C20H26N4O5S. The summed E-state index contributed by atoms with van der Waals surface area (Å²) in [4.78, 5) is 23.8. The molecule has 0 saturated carbocycles. The molecule has 0 aromatic heterocycles. The van der Waals surface area contributed by atoms with Gasteiger partial charge < -0.3 is 10.2 Å². The average molecular weight is 435 g/mol. The Balaban J connectivity index is 2.37. The topological polar surface area (TPSA) is 113 Å². The molecule has 0 unspecified atom stereocenters. The van der Waals surface area contributed by atoms with Gasteiger partial charge in [-0.2, -0.15) is 4.31 Å². The summed E-state index contributed by atoms with van der Waals surface area (Å²) in [5.41, 5.74) is 1.28. The molecular weight excluding hydrogens is 408 g/mol. The van der Waals surface area contributed by atoms with Crippen molar-refractivity contribution in [3.63, 3.8) is 0 Å². The first-order valence-corrected chi connectivity index (χ1v) is 10.9. The molecule has 162 valence electrons. The third-order valence-corrected chi connectivity index (χ3v) is 6.72. The first-order chi connectivity index (χ1) is 14.1. The average Bonchev–Trinajstić information content (AvgIpc) is 2.68. The Morgan fingerprint density at radius 1 is 1.13 bits per heavy atom. The van der Waals surface area contributed by atoms with Crippen molar-refractivity contribution in [2.75, 3.05) is 25.5 Å². The van der Waals surface area contributed by atoms with Crippen LogP contribution in [-0.4, -0.2) is 48.6 Å². The zero-order valence-corrected chi connectivity index (χ0v) is 18.3. The SMILES string of the molecule is CCN(CC)S(=O)(=O)c1ccc(Nc2cccc(CN(C)C(C)=O)c2)c([N+](=O)[O-])c1. The highest BCUT2D eigenvalue weighted by atomic mass is 32.2. The van der Waals surface area contributed by atoms with E-state index in [4.69, 9.17) is 0 Å². The minimum absolute atomic E-state index is 0.0750. The lowest BCUT2D eigenvalue weighted by atomic mass is 10.1. The largest absolute Gasteiger partial charge is 0.350 e. The number of hydrogen-bond acceptors (Lipinski definition) is 6. The van der Waals surface area contributed by atoms with Gasteiger partial charge in [0.25, 0.3) is 5.69 Å². The smallest absolute Gasteiger partial charge is 0.294 e. The summed E-state index contributed by atoms with van der Waals surface area (Å²) >= 11 is 0. The van der Waals surface area contributed by atoms with Crippen molar-refractivity contribution in [2.24, 2.45) is 0 Å². The van der Waals surface area contributed by atoms with Crippen molar-refractivity contribution in [3.05, 3.63) is 58.1 Å². The van der Waals surface area contributed by atoms with Gasteiger partial charge in [-0.3, -0.25) is 14.9 Å². The van der Waals surface area contributed by atoms with Gasteiger partial charge in [0.2, 0.25) is 15.9 Å². The lowest BCUT2D eigenvalue weighted by Crippen LogP contribution is -2.30. The minimum atomic E-state index is -3.81. The van der Waals surface area contributed by atoms with Gasteiger partial charge in [-0.1, -0.05) is 26.0 Å². The maximum absolute atomic E-state index is 12.7. The molecule has 10 heteroatoms. The quantitative estimate of drug-likeness (QED) is 0.478. The third-order valence-electron chi connectivity index (χ3n) is 4.67. The number of anilines is 2. The normalized spacial score (nSPS) is 11.4. The van der Waals surface area contributed by atoms with Crippen molar-refractivity contribution >= 4 is 33.0 Å². The van der Waals surface area contributed by atoms with Crippen LogP contribution in [0.3, 0.4) is 0 Å². The fourth-order valence-corrected chi connectivity index (χ4v) is 4.41. The van der Waals surface area contributed by atoms with E-state index < -0.39 is 14.9 Å². The molecule has 2 aromatic carbocycles. The summed E-state index contributed by atoms with van der Waals surface area (Å²) < 4.78 is 26.6. The maximum atomic E-state index is 12.7. The lowest BCUT2D eigenvalue weighted by molar-refractivity contribution is -0.384. The van der Waals surface area contributed by atoms with Crippen molar-refractivity contribution in [2.45, 2.75) is 32.2 Å². The van der Waals surface area contributed by atoms with E-state index in [1.165, 1.54) is 23.4 Å². The minimum Gasteiger partial charge on any atom is -0.350 e. The Labute approximate surface area is 176 Å². The molecule has 0 aliphatic rings. The van der Waals surface area contributed by atoms with Gasteiger partial charge in [-0.05, 0) is 29.8 Å². The molecule has 2 rings (SSSR count). The Morgan fingerprint density at radius 3 is 2.37 bits per heavy atom. The van der Waals surface area contributed by atoms with Gasteiger partial charge in [-0.15, -0.1) is 0 Å². The lowest BCUT2D eigenvalue weighted by Gasteiger charge is -2.19. The van der Waals surface area contributed by atoms with Crippen LogP contribution >= 0.6 is 0 Å². The highest BCUT2D eigenvalue weighted by Crippen LogP contribution is 2.31. The first-order valence-electron chi connectivity index (χ1n) is 9.46. The zero-order chi connectivity index (χ0) is 22.5. The van der Waals surface area contributed by atoms with Crippen LogP contribution < -0.4 is 5.32 Å². The first kappa shape index (κ1) is 23.3. The van der Waals surface area contributed by atoms with E-state index in [9.17, 15) is 23.3 Å². The fraction of sp³-hybridized carbons (Fsp3) is 0.350. The second-order valence-electron chi connectivity index (χ2n) is 6.73. The number of benzene rings is 2. The summed E-state index contributed by atoms with van der Waals surface area (Å²) in [5, 5.41) is 14.6. The molecule has 0 aliphatic carbocycles. The molecule has 9 nitrogen and oxygen atoms in total. The van der Waals surface area contributed by atoms with Gasteiger partial charge in [0.1, 0.15) is 5.69 Å². The van der Waals surface area contributed by atoms with Crippen LogP contribution in [0.2, 0.25) is 0 Å². The molecule has 1 N–H and O–H groups in total. The number of hydrogen-bond donors (Lipinski definition) is 1. The number of amides is 1. The van der Waals surface area contributed by atoms with E-state index in [0.717, 1.165) is 11.6 Å². The summed E-state index contributed by atoms with van der Waals surface area (Å²) in [6.07, 6.45) is 0. The summed E-state index contributed by atoms with van der Waals surface area (Å²) in [6, 6.07) is 11.0. The van der Waals surface area contributed by atoms with E-state index in [2.05, 4.69) is 5.32 Å². The van der Waals surface area contributed by atoms with Crippen LogP contribution in [0.15, 0.2) is 47.4 Å². The van der Waals surface area contributed by atoms with Gasteiger partial charge >= 0.3 is 0 Å². The maximum Gasteiger partial charge on any atom is 0.294 e. The second kappa shape index (κ2) is 9.68. The van der Waals surface area contributed by atoms with Crippen LogP contribution in [-0.2, 0) is 21.4 Å². The van der Waals surface area contributed by atoms with Crippen molar-refractivity contribution in [3.8, 4) is 0 Å². The molecule has 0 saturated heterocycles. The van der Waals surface area contributed by atoms with Gasteiger partial charge in [0.15, 0.2) is 0 Å². The third kappa shape index (κ3) is 5.33. The van der Waals surface area contributed by atoms with Gasteiger partial charge in [0.05, 0.1) is 9.82 Å². The number of carbonyl (C=O) groups excluding carboxylic acids is 1. The monoisotopic (exact) mass is 434 g/mol. The Hall–Kier alpha value is -2.98. The molecule has 2 aromatic rings. The zero-order valence-electron chi connectivity index (χ0n) is 17.5.